The standard InChI is InChI=1S/C9H11FN2O2S2/c1-6-4-7(2-3-8(6)10)12-16(13,14)5-9(11)15/h2-4,12H,5H2,1H3,(H2,11,15). The molecule has 0 aliphatic carbocycles. The Morgan fingerprint density at radius 3 is 2.69 bits per heavy atom. The van der Waals surface area contributed by atoms with Crippen LogP contribution in [-0.2, 0) is 10.0 Å². The highest BCUT2D eigenvalue weighted by Gasteiger charge is 2.12. The first-order chi connectivity index (χ1) is 7.30. The molecule has 0 radical (unpaired) electrons. The van der Waals surface area contributed by atoms with Gasteiger partial charge in [0.05, 0.1) is 4.99 Å². The molecule has 0 saturated carbocycles. The fourth-order valence-electron chi connectivity index (χ4n) is 1.11. The highest BCUT2D eigenvalue weighted by molar-refractivity contribution is 7.95. The maximum Gasteiger partial charge on any atom is 0.239 e. The smallest absolute Gasteiger partial charge is 0.239 e. The molecule has 1 aromatic carbocycles. The highest BCUT2D eigenvalue weighted by atomic mass is 32.2. The van der Waals surface area contributed by atoms with Crippen LogP contribution in [0, 0.1) is 12.7 Å². The minimum absolute atomic E-state index is 0.119. The van der Waals surface area contributed by atoms with E-state index in [0.29, 0.717) is 5.56 Å². The molecule has 3 N–H and O–H groups in total. The van der Waals surface area contributed by atoms with Gasteiger partial charge < -0.3 is 5.73 Å². The summed E-state index contributed by atoms with van der Waals surface area (Å²) in [5, 5.41) is 0. The molecule has 88 valence electrons. The maximum absolute atomic E-state index is 12.9. The molecule has 4 nitrogen and oxygen atoms in total. The molecule has 0 fully saturated rings. The Kier molecular flexibility index (Phi) is 3.82. The topological polar surface area (TPSA) is 72.2 Å². The van der Waals surface area contributed by atoms with Crippen molar-refractivity contribution in [3.05, 3.63) is 29.6 Å². The molecular weight excluding hydrogens is 251 g/mol. The van der Waals surface area contributed by atoms with Gasteiger partial charge in [0, 0.05) is 5.69 Å². The van der Waals surface area contributed by atoms with Gasteiger partial charge in [0.2, 0.25) is 10.0 Å². The van der Waals surface area contributed by atoms with E-state index in [1.807, 2.05) is 0 Å². The van der Waals surface area contributed by atoms with Gasteiger partial charge in [-0.15, -0.1) is 0 Å². The number of nitrogens with two attached hydrogens (primary N) is 1. The number of thiocarbonyl (C=S) groups is 1. The molecule has 7 heteroatoms. The van der Waals surface area contributed by atoms with Crippen LogP contribution in [0.4, 0.5) is 10.1 Å². The maximum atomic E-state index is 12.9. The Balaban J connectivity index is 2.88. The molecular formula is C9H11FN2O2S2. The summed E-state index contributed by atoms with van der Waals surface area (Å²) in [4.78, 5) is -0.119. The van der Waals surface area contributed by atoms with E-state index in [1.165, 1.54) is 18.2 Å². The van der Waals surface area contributed by atoms with E-state index in [2.05, 4.69) is 16.9 Å². The normalized spacial score (nSPS) is 11.1. The summed E-state index contributed by atoms with van der Waals surface area (Å²) in [5.41, 5.74) is 5.78. The zero-order valence-corrected chi connectivity index (χ0v) is 10.2. The molecule has 0 heterocycles. The SMILES string of the molecule is Cc1cc(NS(=O)(=O)CC(N)=S)ccc1F. The molecule has 0 unspecified atom stereocenters. The van der Waals surface area contributed by atoms with E-state index in [4.69, 9.17) is 5.73 Å². The van der Waals surface area contributed by atoms with Gasteiger partial charge in [-0.05, 0) is 30.7 Å². The van der Waals surface area contributed by atoms with Gasteiger partial charge in [-0.1, -0.05) is 12.2 Å². The molecule has 0 saturated heterocycles. The van der Waals surface area contributed by atoms with Crippen LogP contribution in [0.3, 0.4) is 0 Å². The van der Waals surface area contributed by atoms with Gasteiger partial charge in [0.25, 0.3) is 0 Å². The first kappa shape index (κ1) is 12.9. The lowest BCUT2D eigenvalue weighted by molar-refractivity contribution is 0.604. The van der Waals surface area contributed by atoms with Gasteiger partial charge >= 0.3 is 0 Å². The summed E-state index contributed by atoms with van der Waals surface area (Å²) in [6.45, 7) is 1.54. The fourth-order valence-corrected chi connectivity index (χ4v) is 2.51. The third-order valence-corrected chi connectivity index (χ3v) is 3.33. The van der Waals surface area contributed by atoms with E-state index < -0.39 is 21.6 Å². The zero-order chi connectivity index (χ0) is 12.3. The van der Waals surface area contributed by atoms with Gasteiger partial charge in [0.15, 0.2) is 0 Å². The first-order valence-corrected chi connectivity index (χ1v) is 6.41. The number of sulfonamides is 1. The van der Waals surface area contributed by atoms with Crippen LogP contribution in [0.5, 0.6) is 0 Å². The average molecular weight is 262 g/mol. The second-order valence-electron chi connectivity index (χ2n) is 3.29. The van der Waals surface area contributed by atoms with Crippen LogP contribution in [0.2, 0.25) is 0 Å². The van der Waals surface area contributed by atoms with Crippen molar-refractivity contribution in [3.8, 4) is 0 Å². The summed E-state index contributed by atoms with van der Waals surface area (Å²) in [7, 11) is -3.60. The molecule has 0 spiro atoms. The van der Waals surface area contributed by atoms with Crippen LogP contribution in [-0.4, -0.2) is 19.2 Å². The largest absolute Gasteiger partial charge is 0.392 e. The fraction of sp³-hybridized carbons (Fsp3) is 0.222. The van der Waals surface area contributed by atoms with Crippen molar-refractivity contribution in [2.75, 3.05) is 10.5 Å². The molecule has 0 atom stereocenters. The van der Waals surface area contributed by atoms with E-state index in [0.717, 1.165) is 0 Å². The first-order valence-electron chi connectivity index (χ1n) is 4.35. The summed E-state index contributed by atoms with van der Waals surface area (Å²) in [5.74, 6) is -0.823. The predicted octanol–water partition coefficient (Wildman–Crippen LogP) is 1.16. The van der Waals surface area contributed by atoms with Crippen LogP contribution < -0.4 is 10.5 Å². The highest BCUT2D eigenvalue weighted by Crippen LogP contribution is 2.14. The van der Waals surface area contributed by atoms with Crippen molar-refractivity contribution < 1.29 is 12.8 Å². The number of benzene rings is 1. The molecule has 0 aliphatic rings. The number of aryl methyl sites for hydroxylation is 1. The minimum atomic E-state index is -3.60. The van der Waals surface area contributed by atoms with E-state index in [-0.39, 0.29) is 10.7 Å². The number of hydrogen-bond acceptors (Lipinski definition) is 3. The third kappa shape index (κ3) is 3.74. The average Bonchev–Trinajstić information content (AvgIpc) is 2.08. The molecule has 16 heavy (non-hydrogen) atoms. The van der Waals surface area contributed by atoms with Gasteiger partial charge in [-0.3, -0.25) is 4.72 Å². The van der Waals surface area contributed by atoms with E-state index in [9.17, 15) is 12.8 Å². The predicted molar refractivity (Wildman–Crippen MR) is 65.3 cm³/mol. The summed E-state index contributed by atoms with van der Waals surface area (Å²) in [6, 6.07) is 3.92. The molecule has 0 amide bonds. The lowest BCUT2D eigenvalue weighted by atomic mass is 10.2. The van der Waals surface area contributed by atoms with Gasteiger partial charge in [-0.2, -0.15) is 0 Å². The number of halogens is 1. The summed E-state index contributed by atoms with van der Waals surface area (Å²) < 4.78 is 38.0. The number of hydrogen-bond donors (Lipinski definition) is 2. The van der Waals surface area contributed by atoms with E-state index >= 15 is 0 Å². The van der Waals surface area contributed by atoms with Gasteiger partial charge in [0.1, 0.15) is 11.6 Å². The Morgan fingerprint density at radius 1 is 1.56 bits per heavy atom. The molecule has 0 aromatic heterocycles. The van der Waals surface area contributed by atoms with Gasteiger partial charge in [-0.25, -0.2) is 12.8 Å². The monoisotopic (exact) mass is 262 g/mol. The van der Waals surface area contributed by atoms with E-state index in [1.54, 1.807) is 6.92 Å². The van der Waals surface area contributed by atoms with Crippen molar-refractivity contribution in [1.29, 1.82) is 0 Å². The zero-order valence-electron chi connectivity index (χ0n) is 8.53. The Bertz CT molecular complexity index is 514. The van der Waals surface area contributed by atoms with Crippen molar-refractivity contribution in [2.24, 2.45) is 5.73 Å². The Morgan fingerprint density at radius 2 is 2.19 bits per heavy atom. The van der Waals surface area contributed by atoms with Crippen LogP contribution in [0.15, 0.2) is 18.2 Å². The Labute approximate surface area is 98.7 Å². The van der Waals surface area contributed by atoms with Crippen LogP contribution in [0.1, 0.15) is 5.56 Å². The van der Waals surface area contributed by atoms with Crippen LogP contribution in [0.25, 0.3) is 0 Å². The second-order valence-corrected chi connectivity index (χ2v) is 5.54. The quantitative estimate of drug-likeness (QED) is 0.799. The van der Waals surface area contributed by atoms with Crippen molar-refractivity contribution in [2.45, 2.75) is 6.92 Å². The molecule has 0 aliphatic heterocycles. The molecule has 1 rings (SSSR count). The number of anilines is 1. The van der Waals surface area contributed by atoms with Crippen LogP contribution >= 0.6 is 12.2 Å². The van der Waals surface area contributed by atoms with Crippen molar-refractivity contribution in [3.63, 3.8) is 0 Å². The van der Waals surface area contributed by atoms with Crippen molar-refractivity contribution >= 4 is 32.9 Å². The lowest BCUT2D eigenvalue weighted by Crippen LogP contribution is -2.26. The molecule has 0 bridgehead atoms. The number of nitrogens with one attached hydrogen (secondary N) is 1. The minimum Gasteiger partial charge on any atom is -0.392 e. The molecule has 1 aromatic rings. The lowest BCUT2D eigenvalue weighted by Gasteiger charge is -2.08. The Hall–Kier alpha value is -1.21. The summed E-state index contributed by atoms with van der Waals surface area (Å²) in [6.07, 6.45) is 0. The third-order valence-electron chi connectivity index (χ3n) is 1.76. The summed E-state index contributed by atoms with van der Waals surface area (Å²) >= 11 is 4.51. The number of rotatable bonds is 4. The van der Waals surface area contributed by atoms with Crippen molar-refractivity contribution in [1.82, 2.24) is 0 Å². The second kappa shape index (κ2) is 4.75.